The first kappa shape index (κ1) is 14.3. The van der Waals surface area contributed by atoms with Crippen LogP contribution in [0.4, 0.5) is 0 Å². The lowest BCUT2D eigenvalue weighted by molar-refractivity contribution is 0.281. The van der Waals surface area contributed by atoms with E-state index in [4.69, 9.17) is 0 Å². The van der Waals surface area contributed by atoms with Gasteiger partial charge in [-0.25, -0.2) is 0 Å². The van der Waals surface area contributed by atoms with Gasteiger partial charge < -0.3 is 0 Å². The summed E-state index contributed by atoms with van der Waals surface area (Å²) in [6.07, 6.45) is 12.9. The van der Waals surface area contributed by atoms with Crippen LogP contribution in [0.3, 0.4) is 0 Å². The minimum atomic E-state index is -1.51. The van der Waals surface area contributed by atoms with E-state index < -0.39 is 8.24 Å². The van der Waals surface area contributed by atoms with E-state index in [1.807, 2.05) is 0 Å². The fraction of sp³-hybridized carbons (Fsp3) is 0.625. The highest BCUT2D eigenvalue weighted by Gasteiger charge is 2.51. The van der Waals surface area contributed by atoms with Crippen molar-refractivity contribution in [3.8, 4) is 0 Å². The lowest BCUT2D eigenvalue weighted by Gasteiger charge is -2.46. The Kier molecular flexibility index (Phi) is 3.99. The maximum absolute atomic E-state index is 4.13. The quantitative estimate of drug-likeness (QED) is 0.617. The van der Waals surface area contributed by atoms with Crippen molar-refractivity contribution >= 4 is 8.24 Å². The molecular weight excluding hydrogens is 262 g/mol. The van der Waals surface area contributed by atoms with Crippen LogP contribution in [-0.2, 0) is 0 Å². The Hall–Kier alpha value is -0.683. The van der Waals surface area contributed by atoms with Crippen molar-refractivity contribution in [3.05, 3.63) is 37.0 Å². The molecule has 3 rings (SSSR count). The minimum Gasteiger partial charge on any atom is -0.299 e. The summed E-state index contributed by atoms with van der Waals surface area (Å²) in [5.74, 6) is 2.11. The Balaban J connectivity index is 1.86. The fourth-order valence-electron chi connectivity index (χ4n) is 4.42. The number of fused-ring (bicyclic) bond motifs is 1. The average Bonchev–Trinajstić information content (AvgIpc) is 2.87. The third kappa shape index (κ3) is 2.35. The van der Waals surface area contributed by atoms with Crippen LogP contribution in [0.25, 0.3) is 0 Å². The highest BCUT2D eigenvalue weighted by molar-refractivity contribution is 6.76. The number of rotatable bonds is 3. The topological polar surface area (TPSA) is 27.3 Å². The first-order valence-corrected chi connectivity index (χ1v) is 10.8. The molecule has 3 nitrogen and oxygen atoms in total. The third-order valence-corrected chi connectivity index (χ3v) is 9.90. The van der Waals surface area contributed by atoms with E-state index in [1.165, 1.54) is 6.42 Å². The van der Waals surface area contributed by atoms with Gasteiger partial charge >= 0.3 is 0 Å². The molecule has 4 unspecified atom stereocenters. The van der Waals surface area contributed by atoms with E-state index in [0.717, 1.165) is 31.5 Å². The number of hydrogen-bond acceptors (Lipinski definition) is 3. The van der Waals surface area contributed by atoms with Crippen LogP contribution >= 0.6 is 0 Å². The summed E-state index contributed by atoms with van der Waals surface area (Å²) in [4.78, 5) is 0. The van der Waals surface area contributed by atoms with Crippen molar-refractivity contribution in [3.63, 3.8) is 0 Å². The zero-order valence-electron chi connectivity index (χ0n) is 12.7. The number of allylic oxidation sites excluding steroid dienone is 5. The molecule has 1 saturated carbocycles. The Bertz CT molecular complexity index is 423. The van der Waals surface area contributed by atoms with Gasteiger partial charge in [-0.3, -0.25) is 15.2 Å². The van der Waals surface area contributed by atoms with Crippen LogP contribution in [0.1, 0.15) is 6.42 Å². The molecule has 1 saturated heterocycles. The third-order valence-electron chi connectivity index (χ3n) is 5.51. The van der Waals surface area contributed by atoms with Gasteiger partial charge in [-0.1, -0.05) is 43.5 Å². The summed E-state index contributed by atoms with van der Waals surface area (Å²) in [6.45, 7) is 12.2. The zero-order chi connectivity index (χ0) is 14.2. The second-order valence-corrected chi connectivity index (χ2v) is 11.5. The van der Waals surface area contributed by atoms with Crippen molar-refractivity contribution in [1.29, 1.82) is 0 Å². The fourth-order valence-corrected chi connectivity index (χ4v) is 8.50. The summed E-state index contributed by atoms with van der Waals surface area (Å²) in [5.41, 5.74) is 0.771. The molecule has 0 aromatic rings. The molecule has 20 heavy (non-hydrogen) atoms. The SMILES string of the molecule is C=CC1CC2C=CC=CC2C1[Si](C)(C)N1CNCNC1. The predicted molar refractivity (Wildman–Crippen MR) is 87.5 cm³/mol. The summed E-state index contributed by atoms with van der Waals surface area (Å²) < 4.78 is 2.67. The second-order valence-electron chi connectivity index (χ2n) is 6.86. The van der Waals surface area contributed by atoms with Crippen molar-refractivity contribution in [2.75, 3.05) is 20.0 Å². The molecule has 3 aliphatic rings. The van der Waals surface area contributed by atoms with Crippen LogP contribution in [0.5, 0.6) is 0 Å². The van der Waals surface area contributed by atoms with Crippen LogP contribution in [-0.4, -0.2) is 32.8 Å². The van der Waals surface area contributed by atoms with Crippen molar-refractivity contribution in [2.45, 2.75) is 25.1 Å². The van der Waals surface area contributed by atoms with Gasteiger partial charge in [0.05, 0.1) is 0 Å². The monoisotopic (exact) mass is 289 g/mol. The maximum atomic E-state index is 4.13. The van der Waals surface area contributed by atoms with Gasteiger partial charge in [-0.2, -0.15) is 0 Å². The molecule has 0 aromatic carbocycles. The van der Waals surface area contributed by atoms with Gasteiger partial charge in [0.2, 0.25) is 0 Å². The zero-order valence-corrected chi connectivity index (χ0v) is 13.7. The molecule has 0 amide bonds. The van der Waals surface area contributed by atoms with E-state index in [0.29, 0.717) is 11.8 Å². The number of nitrogens with one attached hydrogen (secondary N) is 2. The summed E-state index contributed by atoms with van der Waals surface area (Å²) >= 11 is 0. The van der Waals surface area contributed by atoms with Gasteiger partial charge in [-0.05, 0) is 29.7 Å². The highest BCUT2D eigenvalue weighted by Crippen LogP contribution is 2.53. The normalized spacial score (nSPS) is 37.9. The Morgan fingerprint density at radius 1 is 1.20 bits per heavy atom. The largest absolute Gasteiger partial charge is 0.299 e. The lowest BCUT2D eigenvalue weighted by atomic mass is 9.92. The van der Waals surface area contributed by atoms with Gasteiger partial charge in [0, 0.05) is 20.0 Å². The molecule has 0 aromatic heterocycles. The summed E-state index contributed by atoms with van der Waals surface area (Å²) in [5, 5.41) is 6.92. The smallest absolute Gasteiger partial charge is 0.129 e. The van der Waals surface area contributed by atoms with Crippen molar-refractivity contribution in [2.24, 2.45) is 17.8 Å². The Morgan fingerprint density at radius 3 is 2.60 bits per heavy atom. The molecule has 2 fully saturated rings. The molecule has 2 aliphatic carbocycles. The highest BCUT2D eigenvalue weighted by atomic mass is 28.3. The van der Waals surface area contributed by atoms with E-state index in [-0.39, 0.29) is 0 Å². The molecule has 0 spiro atoms. The molecular formula is C16H27N3Si. The second kappa shape index (κ2) is 5.60. The van der Waals surface area contributed by atoms with Crippen molar-refractivity contribution in [1.82, 2.24) is 15.2 Å². The van der Waals surface area contributed by atoms with E-state index in [2.05, 4.69) is 65.3 Å². The molecule has 1 aliphatic heterocycles. The molecule has 110 valence electrons. The van der Waals surface area contributed by atoms with Crippen LogP contribution in [0, 0.1) is 17.8 Å². The molecule has 4 atom stereocenters. The number of nitrogens with zero attached hydrogens (tertiary/aromatic N) is 1. The Morgan fingerprint density at radius 2 is 1.90 bits per heavy atom. The maximum Gasteiger partial charge on any atom is 0.129 e. The first-order chi connectivity index (χ1) is 9.64. The lowest BCUT2D eigenvalue weighted by Crippen LogP contribution is -2.63. The first-order valence-electron chi connectivity index (χ1n) is 7.78. The molecule has 2 N–H and O–H groups in total. The summed E-state index contributed by atoms with van der Waals surface area (Å²) in [6, 6.07) is 0. The van der Waals surface area contributed by atoms with Crippen LogP contribution in [0.15, 0.2) is 37.0 Å². The van der Waals surface area contributed by atoms with Gasteiger partial charge in [0.25, 0.3) is 0 Å². The minimum absolute atomic E-state index is 0.668. The van der Waals surface area contributed by atoms with E-state index >= 15 is 0 Å². The molecule has 1 heterocycles. The van der Waals surface area contributed by atoms with E-state index in [9.17, 15) is 0 Å². The van der Waals surface area contributed by atoms with Crippen LogP contribution < -0.4 is 10.6 Å². The molecule has 0 bridgehead atoms. The van der Waals surface area contributed by atoms with Crippen LogP contribution in [0.2, 0.25) is 18.6 Å². The average molecular weight is 289 g/mol. The van der Waals surface area contributed by atoms with Crippen molar-refractivity contribution < 1.29 is 0 Å². The van der Waals surface area contributed by atoms with Gasteiger partial charge in [0.1, 0.15) is 8.24 Å². The van der Waals surface area contributed by atoms with Gasteiger partial charge in [-0.15, -0.1) is 6.58 Å². The van der Waals surface area contributed by atoms with E-state index in [1.54, 1.807) is 0 Å². The molecule has 4 heteroatoms. The summed E-state index contributed by atoms with van der Waals surface area (Å²) in [7, 11) is -1.51. The standard InChI is InChI=1S/C16H27N3Si/c1-4-13-9-14-7-5-6-8-15(14)16(13)20(2,3)19-11-17-10-18-12-19/h4-8,13-18H,1,9-12H2,2-3H3. The number of hydrogen-bond donors (Lipinski definition) is 2. The Labute approximate surface area is 123 Å². The predicted octanol–water partition coefficient (Wildman–Crippen LogP) is 2.49. The van der Waals surface area contributed by atoms with Gasteiger partial charge in [0.15, 0.2) is 0 Å². The molecule has 0 radical (unpaired) electrons.